The van der Waals surface area contributed by atoms with E-state index in [0.29, 0.717) is 5.92 Å². The highest BCUT2D eigenvalue weighted by molar-refractivity contribution is 5.76. The summed E-state index contributed by atoms with van der Waals surface area (Å²) in [4.78, 5) is 4.21. The van der Waals surface area contributed by atoms with Crippen LogP contribution in [0.2, 0.25) is 0 Å². The van der Waals surface area contributed by atoms with Crippen LogP contribution in [-0.4, -0.2) is 17.1 Å². The number of aromatic nitrogens is 1. The van der Waals surface area contributed by atoms with Crippen molar-refractivity contribution in [1.29, 1.82) is 0 Å². The Morgan fingerprint density at radius 2 is 2.09 bits per heavy atom. The molecule has 1 aromatic heterocycles. The molecule has 4 rings (SSSR count). The number of pyridine rings is 1. The lowest BCUT2D eigenvalue weighted by molar-refractivity contribution is 0.153. The van der Waals surface area contributed by atoms with Gasteiger partial charge in [0.05, 0.1) is 0 Å². The Kier molecular flexibility index (Phi) is 3.49. The maximum Gasteiger partial charge on any atom is 0.131 e. The minimum atomic E-state index is -0.00545. The molecule has 1 fully saturated rings. The van der Waals surface area contributed by atoms with E-state index < -0.39 is 0 Å². The van der Waals surface area contributed by atoms with E-state index in [1.54, 1.807) is 0 Å². The molecule has 0 bridgehead atoms. The first kappa shape index (κ1) is 14.5. The average Bonchev–Trinajstić information content (AvgIpc) is 3.37. The van der Waals surface area contributed by atoms with Crippen molar-refractivity contribution in [2.45, 2.75) is 44.9 Å². The first-order valence-corrected chi connectivity index (χ1v) is 8.30. The number of hydrogen-bond acceptors (Lipinski definition) is 4. The topological polar surface area (TPSA) is 57.4 Å². The summed E-state index contributed by atoms with van der Waals surface area (Å²) >= 11 is 0. The number of rotatable bonds is 4. The van der Waals surface area contributed by atoms with Crippen LogP contribution in [0.25, 0.3) is 11.1 Å². The molecule has 0 spiro atoms. The normalized spacial score (nSPS) is 21.6. The van der Waals surface area contributed by atoms with Gasteiger partial charge >= 0.3 is 0 Å². The Bertz CT molecular complexity index is 723. The predicted octanol–water partition coefficient (Wildman–Crippen LogP) is 3.71. The zero-order valence-electron chi connectivity index (χ0n) is 13.5. The largest absolute Gasteiger partial charge is 0.488 e. The maximum absolute atomic E-state index is 6.17. The van der Waals surface area contributed by atoms with Gasteiger partial charge in [0.25, 0.3) is 0 Å². The Labute approximate surface area is 136 Å². The molecule has 0 saturated heterocycles. The highest BCUT2D eigenvalue weighted by Crippen LogP contribution is 2.44. The van der Waals surface area contributed by atoms with Crippen LogP contribution in [0.3, 0.4) is 0 Å². The zero-order chi connectivity index (χ0) is 16.0. The van der Waals surface area contributed by atoms with Gasteiger partial charge < -0.3 is 15.2 Å². The monoisotopic (exact) mass is 310 g/mol. The molecule has 1 saturated carbocycles. The molecular formula is C19H22N2O2. The highest BCUT2D eigenvalue weighted by Gasteiger charge is 2.35. The van der Waals surface area contributed by atoms with Crippen molar-refractivity contribution in [2.24, 2.45) is 11.7 Å². The molecule has 2 aromatic rings. The average molecular weight is 310 g/mol. The molecule has 23 heavy (non-hydrogen) atoms. The summed E-state index contributed by atoms with van der Waals surface area (Å²) in [6.07, 6.45) is 6.21. The summed E-state index contributed by atoms with van der Waals surface area (Å²) in [5.74, 6) is 2.30. The van der Waals surface area contributed by atoms with Crippen LogP contribution < -0.4 is 15.2 Å². The van der Waals surface area contributed by atoms with Gasteiger partial charge in [-0.15, -0.1) is 0 Å². The summed E-state index contributed by atoms with van der Waals surface area (Å²) in [6.45, 7) is 4.06. The summed E-state index contributed by atoms with van der Waals surface area (Å²) in [6, 6.07) is 8.15. The van der Waals surface area contributed by atoms with Gasteiger partial charge in [-0.1, -0.05) is 0 Å². The van der Waals surface area contributed by atoms with Gasteiger partial charge in [0.1, 0.15) is 23.7 Å². The summed E-state index contributed by atoms with van der Waals surface area (Å²) in [7, 11) is 0. The van der Waals surface area contributed by atoms with Crippen LogP contribution in [0.15, 0.2) is 36.7 Å². The van der Waals surface area contributed by atoms with Crippen molar-refractivity contribution >= 4 is 0 Å². The highest BCUT2D eigenvalue weighted by atomic mass is 16.5. The van der Waals surface area contributed by atoms with Crippen LogP contribution in [0.4, 0.5) is 0 Å². The molecule has 2 unspecified atom stereocenters. The van der Waals surface area contributed by atoms with Crippen LogP contribution in [-0.2, 0) is 0 Å². The van der Waals surface area contributed by atoms with E-state index in [2.05, 4.69) is 11.1 Å². The third-order valence-corrected chi connectivity index (χ3v) is 4.71. The molecule has 1 aliphatic heterocycles. The molecule has 2 heterocycles. The Hall–Kier alpha value is -2.07. The molecule has 4 nitrogen and oxygen atoms in total. The summed E-state index contributed by atoms with van der Waals surface area (Å²) < 4.78 is 12.2. The van der Waals surface area contributed by atoms with Crippen molar-refractivity contribution in [3.05, 3.63) is 42.2 Å². The van der Waals surface area contributed by atoms with E-state index in [-0.39, 0.29) is 18.2 Å². The van der Waals surface area contributed by atoms with Crippen LogP contribution >= 0.6 is 0 Å². The summed E-state index contributed by atoms with van der Waals surface area (Å²) in [5, 5.41) is 0. The van der Waals surface area contributed by atoms with Crippen molar-refractivity contribution in [1.82, 2.24) is 4.98 Å². The van der Waals surface area contributed by atoms with E-state index in [9.17, 15) is 0 Å². The van der Waals surface area contributed by atoms with Gasteiger partial charge in [-0.25, -0.2) is 0 Å². The van der Waals surface area contributed by atoms with E-state index in [1.807, 2.05) is 44.4 Å². The first-order chi connectivity index (χ1) is 11.1. The van der Waals surface area contributed by atoms with Crippen molar-refractivity contribution in [2.75, 3.05) is 0 Å². The van der Waals surface area contributed by atoms with Crippen LogP contribution in [0, 0.1) is 5.92 Å². The first-order valence-electron chi connectivity index (χ1n) is 8.30. The predicted molar refractivity (Wildman–Crippen MR) is 89.5 cm³/mol. The Morgan fingerprint density at radius 1 is 1.26 bits per heavy atom. The quantitative estimate of drug-likeness (QED) is 0.935. The van der Waals surface area contributed by atoms with Gasteiger partial charge in [-0.05, 0) is 56.4 Å². The molecule has 0 radical (unpaired) electrons. The molecule has 4 heteroatoms. The van der Waals surface area contributed by atoms with Crippen molar-refractivity contribution in [3.8, 4) is 22.6 Å². The number of fused-ring (bicyclic) bond motifs is 3. The van der Waals surface area contributed by atoms with Gasteiger partial charge in [0.2, 0.25) is 0 Å². The molecule has 0 amide bonds. The molecule has 2 N–H and O–H groups in total. The molecular weight excluding hydrogens is 288 g/mol. The second kappa shape index (κ2) is 5.53. The lowest BCUT2D eigenvalue weighted by Crippen LogP contribution is -2.38. The fourth-order valence-electron chi connectivity index (χ4n) is 3.34. The van der Waals surface area contributed by atoms with Gasteiger partial charge in [0, 0.05) is 35.6 Å². The van der Waals surface area contributed by atoms with E-state index >= 15 is 0 Å². The molecule has 2 aliphatic rings. The number of hydrogen-bond donors (Lipinski definition) is 1. The van der Waals surface area contributed by atoms with Crippen LogP contribution in [0.5, 0.6) is 11.5 Å². The number of benzene rings is 1. The van der Waals surface area contributed by atoms with Gasteiger partial charge in [0.15, 0.2) is 0 Å². The maximum atomic E-state index is 6.17. The molecule has 120 valence electrons. The fraction of sp³-hybridized carbons (Fsp3) is 0.421. The number of ether oxygens (including phenoxy) is 2. The van der Waals surface area contributed by atoms with Crippen molar-refractivity contribution in [3.63, 3.8) is 0 Å². The van der Waals surface area contributed by atoms with Gasteiger partial charge in [-0.3, -0.25) is 4.98 Å². The second-order valence-electron chi connectivity index (χ2n) is 6.66. The zero-order valence-corrected chi connectivity index (χ0v) is 13.5. The second-order valence-corrected chi connectivity index (χ2v) is 6.66. The third-order valence-electron chi connectivity index (χ3n) is 4.71. The van der Waals surface area contributed by atoms with E-state index in [0.717, 1.165) is 22.6 Å². The Morgan fingerprint density at radius 3 is 2.83 bits per heavy atom. The fourth-order valence-corrected chi connectivity index (χ4v) is 3.34. The lowest BCUT2D eigenvalue weighted by Gasteiger charge is -2.27. The van der Waals surface area contributed by atoms with Crippen LogP contribution in [0.1, 0.15) is 38.4 Å². The lowest BCUT2D eigenvalue weighted by atomic mass is 9.95. The SMILES string of the molecule is CC1Oc2cc(OC(C3CC3)[C@H](C)N)ccc2-c2ccncc21. The summed E-state index contributed by atoms with van der Waals surface area (Å²) in [5.41, 5.74) is 9.49. The molecule has 3 atom stereocenters. The standard InChI is InChI=1S/C19H22N2O2/c1-11(20)19(13-3-4-13)23-14-5-6-16-15-7-8-21-10-17(15)12(2)22-18(16)9-14/h5-13,19H,3-4,20H2,1-2H3/t11-,12?,19?/m0/s1. The smallest absolute Gasteiger partial charge is 0.131 e. The van der Waals surface area contributed by atoms with E-state index in [4.69, 9.17) is 15.2 Å². The minimum Gasteiger partial charge on any atom is -0.488 e. The number of nitrogens with zero attached hydrogens (tertiary/aromatic N) is 1. The van der Waals surface area contributed by atoms with E-state index in [1.165, 1.54) is 18.4 Å². The molecule has 1 aromatic carbocycles. The molecule has 1 aliphatic carbocycles. The van der Waals surface area contributed by atoms with Crippen molar-refractivity contribution < 1.29 is 9.47 Å². The minimum absolute atomic E-state index is 0.00545. The Balaban J connectivity index is 1.66. The number of nitrogens with two attached hydrogens (primary N) is 1. The third kappa shape index (κ3) is 2.68. The van der Waals surface area contributed by atoms with Gasteiger partial charge in [-0.2, -0.15) is 0 Å².